The zero-order valence-corrected chi connectivity index (χ0v) is 15.4. The molecule has 3 rings (SSSR count). The van der Waals surface area contributed by atoms with Gasteiger partial charge in [-0.25, -0.2) is 0 Å². The number of hydrogen-bond acceptors (Lipinski definition) is 5. The number of aromatic nitrogens is 2. The average molecular weight is 384 g/mol. The Morgan fingerprint density at radius 2 is 1.96 bits per heavy atom. The van der Waals surface area contributed by atoms with E-state index in [4.69, 9.17) is 0 Å². The Hall–Kier alpha value is -1.73. The molecule has 2 aromatic rings. The van der Waals surface area contributed by atoms with Crippen LogP contribution in [0, 0.1) is 0 Å². The third kappa shape index (κ3) is 6.25. The lowest BCUT2D eigenvalue weighted by Gasteiger charge is -2.35. The first-order valence-corrected chi connectivity index (χ1v) is 7.83. The Labute approximate surface area is 160 Å². The van der Waals surface area contributed by atoms with E-state index < -0.39 is 0 Å². The highest BCUT2D eigenvalue weighted by Gasteiger charge is 2.25. The Balaban J connectivity index is 0.00000156. The summed E-state index contributed by atoms with van der Waals surface area (Å²) in [5.41, 5.74) is 2.14. The lowest BCUT2D eigenvalue weighted by molar-refractivity contribution is -0.123. The SMILES string of the molecule is Cl.Cl.O=C(CN1CCNCC1c1cccnc1)NCc1cccnc1. The third-order valence-corrected chi connectivity index (χ3v) is 3.98. The maximum absolute atomic E-state index is 12.3. The van der Waals surface area contributed by atoms with Crippen molar-refractivity contribution in [2.75, 3.05) is 26.2 Å². The van der Waals surface area contributed by atoms with Crippen LogP contribution in [0.1, 0.15) is 17.2 Å². The smallest absolute Gasteiger partial charge is 0.234 e. The second kappa shape index (κ2) is 11.0. The first kappa shape index (κ1) is 21.3. The molecule has 0 bridgehead atoms. The van der Waals surface area contributed by atoms with E-state index in [0.29, 0.717) is 13.1 Å². The zero-order chi connectivity index (χ0) is 15.9. The standard InChI is InChI=1S/C17H21N5O.2ClH/c23-17(21-10-14-3-1-5-18-9-14)13-22-8-7-20-12-16(22)15-4-2-6-19-11-15;;/h1-6,9,11,16,20H,7-8,10,12-13H2,(H,21,23);2*1H. The predicted octanol–water partition coefficient (Wildman–Crippen LogP) is 1.58. The van der Waals surface area contributed by atoms with Crippen molar-refractivity contribution >= 4 is 30.7 Å². The summed E-state index contributed by atoms with van der Waals surface area (Å²) in [6.07, 6.45) is 7.14. The van der Waals surface area contributed by atoms with Gasteiger partial charge in [0.15, 0.2) is 0 Å². The second-order valence-corrected chi connectivity index (χ2v) is 5.61. The van der Waals surface area contributed by atoms with Crippen LogP contribution in [0.2, 0.25) is 0 Å². The van der Waals surface area contributed by atoms with E-state index in [-0.39, 0.29) is 36.8 Å². The predicted molar refractivity (Wildman–Crippen MR) is 102 cm³/mol. The summed E-state index contributed by atoms with van der Waals surface area (Å²) in [5, 5.41) is 6.35. The number of rotatable bonds is 5. The Morgan fingerprint density at radius 3 is 2.64 bits per heavy atom. The number of piperazine rings is 1. The number of hydrogen-bond donors (Lipinski definition) is 2. The van der Waals surface area contributed by atoms with E-state index in [2.05, 4.69) is 31.6 Å². The van der Waals surface area contributed by atoms with E-state index in [1.807, 2.05) is 24.4 Å². The van der Waals surface area contributed by atoms with Gasteiger partial charge in [-0.2, -0.15) is 0 Å². The molecule has 6 nitrogen and oxygen atoms in total. The molecule has 136 valence electrons. The molecule has 1 amide bonds. The van der Waals surface area contributed by atoms with Crippen molar-refractivity contribution in [1.82, 2.24) is 25.5 Å². The van der Waals surface area contributed by atoms with Gasteiger partial charge < -0.3 is 10.6 Å². The van der Waals surface area contributed by atoms with Crippen LogP contribution in [0.3, 0.4) is 0 Å². The molecule has 0 saturated carbocycles. The molecule has 25 heavy (non-hydrogen) atoms. The quantitative estimate of drug-likeness (QED) is 0.819. The van der Waals surface area contributed by atoms with Crippen molar-refractivity contribution in [3.63, 3.8) is 0 Å². The molecule has 0 radical (unpaired) electrons. The molecule has 3 heterocycles. The largest absolute Gasteiger partial charge is 0.351 e. The highest BCUT2D eigenvalue weighted by atomic mass is 35.5. The molecule has 1 saturated heterocycles. The minimum absolute atomic E-state index is 0. The highest BCUT2D eigenvalue weighted by Crippen LogP contribution is 2.20. The summed E-state index contributed by atoms with van der Waals surface area (Å²) in [6.45, 7) is 3.48. The average Bonchev–Trinajstić information content (AvgIpc) is 2.62. The van der Waals surface area contributed by atoms with E-state index >= 15 is 0 Å². The molecule has 0 aliphatic carbocycles. The number of halogens is 2. The van der Waals surface area contributed by atoms with Gasteiger partial charge in [0, 0.05) is 57.0 Å². The summed E-state index contributed by atoms with van der Waals surface area (Å²) in [6, 6.07) is 8.00. The van der Waals surface area contributed by atoms with Gasteiger partial charge in [0.25, 0.3) is 0 Å². The van der Waals surface area contributed by atoms with Crippen LogP contribution in [0.15, 0.2) is 49.1 Å². The molecular formula is C17H23Cl2N5O. The first-order chi connectivity index (χ1) is 11.3. The van der Waals surface area contributed by atoms with Crippen molar-refractivity contribution in [1.29, 1.82) is 0 Å². The van der Waals surface area contributed by atoms with E-state index in [1.165, 1.54) is 0 Å². The van der Waals surface area contributed by atoms with Gasteiger partial charge in [-0.05, 0) is 23.3 Å². The monoisotopic (exact) mass is 383 g/mol. The highest BCUT2D eigenvalue weighted by molar-refractivity contribution is 5.85. The normalized spacial score (nSPS) is 17.0. The molecule has 1 aliphatic heterocycles. The maximum Gasteiger partial charge on any atom is 0.234 e. The van der Waals surface area contributed by atoms with Crippen LogP contribution in [0.4, 0.5) is 0 Å². The van der Waals surface area contributed by atoms with Gasteiger partial charge in [-0.1, -0.05) is 12.1 Å². The van der Waals surface area contributed by atoms with Gasteiger partial charge in [0.2, 0.25) is 5.91 Å². The van der Waals surface area contributed by atoms with Crippen LogP contribution in [0.25, 0.3) is 0 Å². The molecule has 2 aromatic heterocycles. The van der Waals surface area contributed by atoms with Gasteiger partial charge in [0.05, 0.1) is 6.54 Å². The molecule has 2 N–H and O–H groups in total. The Morgan fingerprint density at radius 1 is 1.20 bits per heavy atom. The van der Waals surface area contributed by atoms with Crippen LogP contribution in [0.5, 0.6) is 0 Å². The topological polar surface area (TPSA) is 70.2 Å². The van der Waals surface area contributed by atoms with E-state index in [9.17, 15) is 4.79 Å². The molecule has 1 aliphatic rings. The van der Waals surface area contributed by atoms with Crippen LogP contribution < -0.4 is 10.6 Å². The number of nitrogens with one attached hydrogen (secondary N) is 2. The fourth-order valence-electron chi connectivity index (χ4n) is 2.78. The number of nitrogens with zero attached hydrogens (tertiary/aromatic N) is 3. The molecular weight excluding hydrogens is 361 g/mol. The Bertz CT molecular complexity index is 629. The summed E-state index contributed by atoms with van der Waals surface area (Å²) >= 11 is 0. The lowest BCUT2D eigenvalue weighted by atomic mass is 10.1. The van der Waals surface area contributed by atoms with Crippen LogP contribution in [-0.2, 0) is 11.3 Å². The number of carbonyl (C=O) groups is 1. The maximum atomic E-state index is 12.3. The third-order valence-electron chi connectivity index (χ3n) is 3.98. The lowest BCUT2D eigenvalue weighted by Crippen LogP contribution is -2.49. The van der Waals surface area contributed by atoms with Crippen LogP contribution >= 0.6 is 24.8 Å². The van der Waals surface area contributed by atoms with E-state index in [0.717, 1.165) is 30.8 Å². The fraction of sp³-hybridized carbons (Fsp3) is 0.353. The number of pyridine rings is 2. The molecule has 1 unspecified atom stereocenters. The summed E-state index contributed by atoms with van der Waals surface area (Å²) in [5.74, 6) is 0.0321. The summed E-state index contributed by atoms with van der Waals surface area (Å²) in [7, 11) is 0. The molecule has 1 atom stereocenters. The van der Waals surface area contributed by atoms with Gasteiger partial charge in [-0.15, -0.1) is 24.8 Å². The molecule has 0 aromatic carbocycles. The molecule has 1 fully saturated rings. The summed E-state index contributed by atoms with van der Waals surface area (Å²) in [4.78, 5) is 22.7. The van der Waals surface area contributed by atoms with Crippen LogP contribution in [-0.4, -0.2) is 47.0 Å². The minimum Gasteiger partial charge on any atom is -0.351 e. The van der Waals surface area contributed by atoms with E-state index in [1.54, 1.807) is 18.6 Å². The second-order valence-electron chi connectivity index (χ2n) is 5.61. The van der Waals surface area contributed by atoms with Gasteiger partial charge in [-0.3, -0.25) is 19.7 Å². The van der Waals surface area contributed by atoms with Crippen molar-refractivity contribution in [3.05, 3.63) is 60.2 Å². The van der Waals surface area contributed by atoms with Crippen molar-refractivity contribution in [2.24, 2.45) is 0 Å². The van der Waals surface area contributed by atoms with Crippen molar-refractivity contribution in [3.8, 4) is 0 Å². The summed E-state index contributed by atoms with van der Waals surface area (Å²) < 4.78 is 0. The first-order valence-electron chi connectivity index (χ1n) is 7.83. The number of carbonyl (C=O) groups excluding carboxylic acids is 1. The molecule has 0 spiro atoms. The molecule has 8 heteroatoms. The van der Waals surface area contributed by atoms with Gasteiger partial charge in [0.1, 0.15) is 0 Å². The fourth-order valence-corrected chi connectivity index (χ4v) is 2.78. The minimum atomic E-state index is 0. The van der Waals surface area contributed by atoms with Gasteiger partial charge >= 0.3 is 0 Å². The van der Waals surface area contributed by atoms with Crippen molar-refractivity contribution in [2.45, 2.75) is 12.6 Å². The number of amides is 1. The zero-order valence-electron chi connectivity index (χ0n) is 13.8. The Kier molecular flexibility index (Phi) is 9.37. The van der Waals surface area contributed by atoms with Crippen molar-refractivity contribution < 1.29 is 4.79 Å².